The Balaban J connectivity index is 1.62. The van der Waals surface area contributed by atoms with Crippen LogP contribution in [0.2, 0.25) is 5.02 Å². The van der Waals surface area contributed by atoms with Crippen LogP contribution in [0.3, 0.4) is 0 Å². The van der Waals surface area contributed by atoms with E-state index in [-0.39, 0.29) is 6.61 Å². The number of β-lactam (4-membered cyclic amide) rings is 1. The fraction of sp³-hybridized carbons (Fsp3) is 0.393. The molecule has 45 heavy (non-hydrogen) atoms. The van der Waals surface area contributed by atoms with Crippen molar-refractivity contribution in [1.29, 1.82) is 0 Å². The van der Waals surface area contributed by atoms with Gasteiger partial charge in [-0.2, -0.15) is 8.42 Å². The third-order valence-electron chi connectivity index (χ3n) is 7.07. The van der Waals surface area contributed by atoms with Gasteiger partial charge in [0.15, 0.2) is 16.7 Å². The fourth-order valence-corrected chi connectivity index (χ4v) is 8.00. The molecule has 2 amide bonds. The summed E-state index contributed by atoms with van der Waals surface area (Å²) in [6, 6.07) is 9.31. The van der Waals surface area contributed by atoms with Gasteiger partial charge in [-0.1, -0.05) is 41.9 Å². The largest absolute Gasteiger partial charge is 0.457 e. The molecule has 2 aliphatic rings. The average Bonchev–Trinajstić information content (AvgIpc) is 3.16. The van der Waals surface area contributed by atoms with Crippen molar-refractivity contribution in [3.8, 4) is 11.5 Å². The minimum Gasteiger partial charge on any atom is -0.457 e. The summed E-state index contributed by atoms with van der Waals surface area (Å²) in [5.74, 6) is -5.62. The Bertz CT molecular complexity index is 1670. The lowest BCUT2D eigenvalue weighted by atomic mass is 9.91. The van der Waals surface area contributed by atoms with Gasteiger partial charge >= 0.3 is 17.9 Å². The number of fused-ring (bicyclic) bond motifs is 1. The lowest BCUT2D eigenvalue weighted by molar-refractivity contribution is -0.216. The number of halogens is 1. The molecule has 14 nitrogen and oxygen atoms in total. The third-order valence-corrected chi connectivity index (χ3v) is 10.0. The first-order valence-corrected chi connectivity index (χ1v) is 15.9. The standard InChI is InChI=1S/C28H29ClN2O12S2/c1-14(32)42-19-12-17(11-18(29)21(19)43-15(2)33)22(45(37,38)39)23(34)30-20-24(35)31-25(20)44-27(3,4)28(31,40-5)26(36)41-13-16-9-7-6-8-10-16/h6-12,20,22,25H,13H2,1-5H3,(H,30,34)(H,37,38,39)/t20-,22+,25+,28+/m0/s1. The number of ether oxygens (including phenoxy) is 4. The van der Waals surface area contributed by atoms with Crippen LogP contribution in [0.1, 0.15) is 44.1 Å². The van der Waals surface area contributed by atoms with Crippen LogP contribution in [0.4, 0.5) is 0 Å². The molecule has 242 valence electrons. The molecule has 2 aromatic carbocycles. The summed E-state index contributed by atoms with van der Waals surface area (Å²) < 4.78 is 55.1. The highest BCUT2D eigenvalue weighted by Gasteiger charge is 2.74. The number of amides is 2. The van der Waals surface area contributed by atoms with Gasteiger partial charge in [0.2, 0.25) is 5.91 Å². The molecule has 2 N–H and O–H groups in total. The number of hydrogen-bond donors (Lipinski definition) is 2. The number of carbonyl (C=O) groups excluding carboxylic acids is 5. The number of rotatable bonds is 10. The van der Waals surface area contributed by atoms with Crippen LogP contribution in [-0.2, 0) is 50.2 Å². The average molecular weight is 685 g/mol. The first-order chi connectivity index (χ1) is 20.9. The summed E-state index contributed by atoms with van der Waals surface area (Å²) in [7, 11) is -3.99. The number of hydrogen-bond acceptors (Lipinski definition) is 12. The topological polar surface area (TPSA) is 192 Å². The number of thioether (sulfide) groups is 1. The molecule has 0 aromatic heterocycles. The van der Waals surface area contributed by atoms with Crippen molar-refractivity contribution in [2.75, 3.05) is 7.11 Å². The zero-order valence-corrected chi connectivity index (χ0v) is 26.9. The molecule has 0 bridgehead atoms. The van der Waals surface area contributed by atoms with Crippen LogP contribution in [0.15, 0.2) is 42.5 Å². The summed E-state index contributed by atoms with van der Waals surface area (Å²) in [6.07, 6.45) is 0. The number of benzene rings is 2. The van der Waals surface area contributed by atoms with Gasteiger partial charge in [-0.25, -0.2) is 4.79 Å². The predicted molar refractivity (Wildman–Crippen MR) is 159 cm³/mol. The van der Waals surface area contributed by atoms with E-state index in [2.05, 4.69) is 5.32 Å². The SMILES string of the molecule is CO[C@@]1(C(=O)OCc2ccccc2)N2C(=O)[C@H](NC(=O)[C@@H](c3cc(Cl)c(OC(C)=O)c(OC(C)=O)c3)S(=O)(=O)O)[C@H]2SC1(C)C. The van der Waals surface area contributed by atoms with E-state index in [0.717, 1.165) is 42.6 Å². The molecule has 0 unspecified atom stereocenters. The van der Waals surface area contributed by atoms with E-state index in [9.17, 15) is 36.9 Å². The molecule has 4 atom stereocenters. The van der Waals surface area contributed by atoms with Crippen molar-refractivity contribution >= 4 is 63.2 Å². The highest BCUT2D eigenvalue weighted by atomic mass is 35.5. The number of carbonyl (C=O) groups is 5. The summed E-state index contributed by atoms with van der Waals surface area (Å²) in [5, 5.41) is -1.34. The molecule has 0 aliphatic carbocycles. The smallest absolute Gasteiger partial charge is 0.361 e. The van der Waals surface area contributed by atoms with E-state index in [4.69, 9.17) is 30.5 Å². The van der Waals surface area contributed by atoms with E-state index < -0.39 is 89.1 Å². The summed E-state index contributed by atoms with van der Waals surface area (Å²) in [6.45, 7) is 5.26. The monoisotopic (exact) mass is 684 g/mol. The zero-order valence-electron chi connectivity index (χ0n) is 24.6. The maximum atomic E-state index is 13.5. The van der Waals surface area contributed by atoms with E-state index in [0.29, 0.717) is 5.56 Å². The van der Waals surface area contributed by atoms with Gasteiger partial charge in [0, 0.05) is 21.0 Å². The molecule has 2 aromatic rings. The first-order valence-electron chi connectivity index (χ1n) is 13.2. The van der Waals surface area contributed by atoms with Gasteiger partial charge in [0.25, 0.3) is 21.8 Å². The molecule has 2 aliphatic heterocycles. The van der Waals surface area contributed by atoms with E-state index >= 15 is 0 Å². The summed E-state index contributed by atoms with van der Waals surface area (Å²) >= 11 is 7.29. The normalized spacial score (nSPS) is 22.5. The molecule has 4 rings (SSSR count). The second-order valence-electron chi connectivity index (χ2n) is 10.5. The molecular weight excluding hydrogens is 656 g/mol. The maximum absolute atomic E-state index is 13.5. The van der Waals surface area contributed by atoms with Crippen LogP contribution in [0.25, 0.3) is 0 Å². The van der Waals surface area contributed by atoms with Crippen LogP contribution in [0.5, 0.6) is 11.5 Å². The Hall–Kier alpha value is -3.70. The molecule has 2 saturated heterocycles. The number of methoxy groups -OCH3 is 1. The third kappa shape index (κ3) is 6.37. The molecule has 2 fully saturated rings. The highest BCUT2D eigenvalue weighted by Crippen LogP contribution is 2.57. The van der Waals surface area contributed by atoms with Gasteiger partial charge in [-0.15, -0.1) is 11.8 Å². The van der Waals surface area contributed by atoms with Crippen molar-refractivity contribution in [2.45, 2.75) is 61.4 Å². The van der Waals surface area contributed by atoms with Crippen molar-refractivity contribution < 1.29 is 55.9 Å². The van der Waals surface area contributed by atoms with E-state index in [1.54, 1.807) is 44.2 Å². The molecular formula is C28H29ClN2O12S2. The van der Waals surface area contributed by atoms with Gasteiger partial charge < -0.3 is 24.3 Å². The van der Waals surface area contributed by atoms with Crippen LogP contribution < -0.4 is 14.8 Å². The van der Waals surface area contributed by atoms with Crippen molar-refractivity contribution in [3.63, 3.8) is 0 Å². The molecule has 17 heteroatoms. The summed E-state index contributed by atoms with van der Waals surface area (Å²) in [5.41, 5.74) is -1.66. The van der Waals surface area contributed by atoms with E-state index in [1.165, 1.54) is 7.11 Å². The number of esters is 3. The number of nitrogens with zero attached hydrogens (tertiary/aromatic N) is 1. The van der Waals surface area contributed by atoms with E-state index in [1.807, 2.05) is 0 Å². The predicted octanol–water partition coefficient (Wildman–Crippen LogP) is 2.38. The minimum absolute atomic E-state index is 0.0947. The highest BCUT2D eigenvalue weighted by molar-refractivity contribution is 8.01. The second kappa shape index (κ2) is 12.6. The van der Waals surface area contributed by atoms with Gasteiger partial charge in [-0.3, -0.25) is 28.6 Å². The lowest BCUT2D eigenvalue weighted by Crippen LogP contribution is -2.76. The Morgan fingerprint density at radius 2 is 1.71 bits per heavy atom. The lowest BCUT2D eigenvalue weighted by Gasteiger charge is -2.49. The van der Waals surface area contributed by atoms with Crippen molar-refractivity contribution in [3.05, 3.63) is 58.6 Å². The van der Waals surface area contributed by atoms with Gasteiger partial charge in [-0.05, 0) is 37.1 Å². The Morgan fingerprint density at radius 3 is 2.27 bits per heavy atom. The Labute approximate surface area is 267 Å². The maximum Gasteiger partial charge on any atom is 0.361 e. The van der Waals surface area contributed by atoms with Crippen LogP contribution >= 0.6 is 23.4 Å². The van der Waals surface area contributed by atoms with Crippen LogP contribution in [-0.4, -0.2) is 76.6 Å². The van der Waals surface area contributed by atoms with Gasteiger partial charge in [0.1, 0.15) is 18.0 Å². The molecule has 0 radical (unpaired) electrons. The fourth-order valence-electron chi connectivity index (χ4n) is 5.22. The first kappa shape index (κ1) is 34.2. The Kier molecular flexibility index (Phi) is 9.57. The quantitative estimate of drug-likeness (QED) is 0.161. The van der Waals surface area contributed by atoms with Crippen LogP contribution in [0, 0.1) is 0 Å². The molecule has 0 spiro atoms. The zero-order chi connectivity index (χ0) is 33.5. The second-order valence-corrected chi connectivity index (χ2v) is 14.2. The minimum atomic E-state index is -5.23. The molecule has 0 saturated carbocycles. The van der Waals surface area contributed by atoms with Gasteiger partial charge in [0.05, 0.1) is 9.77 Å². The Morgan fingerprint density at radius 1 is 1.09 bits per heavy atom. The van der Waals surface area contributed by atoms with Crippen molar-refractivity contribution in [2.24, 2.45) is 0 Å². The molecule has 2 heterocycles. The summed E-state index contributed by atoms with van der Waals surface area (Å²) in [4.78, 5) is 64.7. The number of nitrogens with one attached hydrogen (secondary N) is 1. The van der Waals surface area contributed by atoms with Crippen molar-refractivity contribution in [1.82, 2.24) is 10.2 Å².